The van der Waals surface area contributed by atoms with Crippen molar-refractivity contribution in [1.82, 2.24) is 10.2 Å². The van der Waals surface area contributed by atoms with Gasteiger partial charge in [-0.15, -0.1) is 0 Å². The van der Waals surface area contributed by atoms with Crippen molar-refractivity contribution in [3.8, 4) is 0 Å². The second kappa shape index (κ2) is 6.79. The summed E-state index contributed by atoms with van der Waals surface area (Å²) in [5.41, 5.74) is 0.733. The van der Waals surface area contributed by atoms with Crippen molar-refractivity contribution in [3.05, 3.63) is 0 Å². The van der Waals surface area contributed by atoms with E-state index in [2.05, 4.69) is 17.1 Å². The van der Waals surface area contributed by atoms with Crippen molar-refractivity contribution < 1.29 is 0 Å². The molecule has 2 saturated carbocycles. The second-order valence-electron chi connectivity index (χ2n) is 7.70. The number of hydrogen-bond donors (Lipinski definition) is 1. The van der Waals surface area contributed by atoms with Crippen molar-refractivity contribution >= 4 is 0 Å². The fourth-order valence-corrected chi connectivity index (χ4v) is 4.92. The van der Waals surface area contributed by atoms with Crippen molar-refractivity contribution in [1.29, 1.82) is 0 Å². The highest BCUT2D eigenvalue weighted by Crippen LogP contribution is 2.51. The number of hydrogen-bond acceptors (Lipinski definition) is 2. The summed E-state index contributed by atoms with van der Waals surface area (Å²) >= 11 is 0. The SMILES string of the molecule is CC1CCCCN1CCCNC1CCC12CCCCC2. The van der Waals surface area contributed by atoms with Crippen LogP contribution in [0.5, 0.6) is 0 Å². The zero-order valence-electron chi connectivity index (χ0n) is 13.5. The first-order chi connectivity index (χ1) is 9.80. The van der Waals surface area contributed by atoms with Crippen LogP contribution in [0.25, 0.3) is 0 Å². The van der Waals surface area contributed by atoms with Gasteiger partial charge >= 0.3 is 0 Å². The molecule has 2 atom stereocenters. The number of piperidine rings is 1. The van der Waals surface area contributed by atoms with E-state index in [9.17, 15) is 0 Å². The molecule has 0 aromatic heterocycles. The van der Waals surface area contributed by atoms with E-state index in [0.29, 0.717) is 0 Å². The highest BCUT2D eigenvalue weighted by atomic mass is 15.2. The molecular weight excluding hydrogens is 244 g/mol. The molecule has 3 aliphatic rings. The Morgan fingerprint density at radius 3 is 2.55 bits per heavy atom. The smallest absolute Gasteiger partial charge is 0.0124 e. The van der Waals surface area contributed by atoms with E-state index in [1.54, 1.807) is 0 Å². The molecule has 1 saturated heterocycles. The van der Waals surface area contributed by atoms with Gasteiger partial charge in [0.25, 0.3) is 0 Å². The first-order valence-corrected chi connectivity index (χ1v) is 9.28. The number of nitrogens with one attached hydrogen (secondary N) is 1. The van der Waals surface area contributed by atoms with Crippen LogP contribution < -0.4 is 5.32 Å². The number of nitrogens with zero attached hydrogens (tertiary/aromatic N) is 1. The Kier molecular flexibility index (Phi) is 5.04. The minimum absolute atomic E-state index is 0.733. The van der Waals surface area contributed by atoms with Gasteiger partial charge < -0.3 is 10.2 Å². The van der Waals surface area contributed by atoms with E-state index in [-0.39, 0.29) is 0 Å². The van der Waals surface area contributed by atoms with Crippen molar-refractivity contribution in [2.24, 2.45) is 5.41 Å². The summed E-state index contributed by atoms with van der Waals surface area (Å²) in [7, 11) is 0. The quantitative estimate of drug-likeness (QED) is 0.766. The average molecular weight is 278 g/mol. The maximum Gasteiger partial charge on any atom is 0.0124 e. The largest absolute Gasteiger partial charge is 0.313 e. The Morgan fingerprint density at radius 1 is 1.00 bits per heavy atom. The van der Waals surface area contributed by atoms with Crippen molar-refractivity contribution in [2.75, 3.05) is 19.6 Å². The van der Waals surface area contributed by atoms with E-state index >= 15 is 0 Å². The fourth-order valence-electron chi connectivity index (χ4n) is 4.92. The lowest BCUT2D eigenvalue weighted by atomic mass is 9.57. The summed E-state index contributed by atoms with van der Waals surface area (Å²) in [4.78, 5) is 2.71. The predicted octanol–water partition coefficient (Wildman–Crippen LogP) is 3.95. The maximum absolute atomic E-state index is 3.91. The standard InChI is InChI=1S/C18H34N2/c1-16-8-3-6-14-20(16)15-7-13-19-17-9-12-18(17)10-4-2-5-11-18/h16-17,19H,2-15H2,1H3. The van der Waals surface area contributed by atoms with Gasteiger partial charge in [-0.3, -0.25) is 0 Å². The van der Waals surface area contributed by atoms with Crippen LogP contribution in [0, 0.1) is 5.41 Å². The Bertz CT molecular complexity index is 296. The van der Waals surface area contributed by atoms with Gasteiger partial charge in [0.1, 0.15) is 0 Å². The van der Waals surface area contributed by atoms with Gasteiger partial charge in [-0.25, -0.2) is 0 Å². The molecule has 1 heterocycles. The molecule has 20 heavy (non-hydrogen) atoms. The molecule has 1 spiro atoms. The van der Waals surface area contributed by atoms with Crippen LogP contribution in [0.15, 0.2) is 0 Å². The van der Waals surface area contributed by atoms with E-state index < -0.39 is 0 Å². The predicted molar refractivity (Wildman–Crippen MR) is 86.0 cm³/mol. The molecule has 3 rings (SSSR count). The molecule has 0 aromatic carbocycles. The van der Waals surface area contributed by atoms with Crippen LogP contribution >= 0.6 is 0 Å². The van der Waals surface area contributed by atoms with Crippen LogP contribution in [0.3, 0.4) is 0 Å². The van der Waals surface area contributed by atoms with Crippen LogP contribution in [-0.2, 0) is 0 Å². The molecule has 2 unspecified atom stereocenters. The van der Waals surface area contributed by atoms with Crippen molar-refractivity contribution in [2.45, 2.75) is 89.6 Å². The lowest BCUT2D eigenvalue weighted by molar-refractivity contribution is 0.0225. The van der Waals surface area contributed by atoms with E-state index in [0.717, 1.165) is 17.5 Å². The van der Waals surface area contributed by atoms with E-state index in [1.165, 1.54) is 90.3 Å². The first-order valence-electron chi connectivity index (χ1n) is 9.28. The Morgan fingerprint density at radius 2 is 1.85 bits per heavy atom. The van der Waals surface area contributed by atoms with Gasteiger partial charge in [0.2, 0.25) is 0 Å². The third kappa shape index (κ3) is 3.22. The topological polar surface area (TPSA) is 15.3 Å². The van der Waals surface area contributed by atoms with Gasteiger partial charge in [0.05, 0.1) is 0 Å². The third-order valence-electron chi connectivity index (χ3n) is 6.47. The second-order valence-corrected chi connectivity index (χ2v) is 7.70. The molecule has 116 valence electrons. The molecule has 0 amide bonds. The number of likely N-dealkylation sites (tertiary alicyclic amines) is 1. The molecule has 2 heteroatoms. The zero-order valence-corrected chi connectivity index (χ0v) is 13.5. The van der Waals surface area contributed by atoms with E-state index in [1.807, 2.05) is 0 Å². The molecule has 0 radical (unpaired) electrons. The van der Waals surface area contributed by atoms with Crippen LogP contribution in [0.1, 0.15) is 77.6 Å². The molecular formula is C18H34N2. The molecule has 3 fully saturated rings. The molecule has 2 aliphatic carbocycles. The normalized spacial score (nSPS) is 34.0. The van der Waals surface area contributed by atoms with Crippen molar-refractivity contribution in [3.63, 3.8) is 0 Å². The molecule has 2 nitrogen and oxygen atoms in total. The molecule has 1 aliphatic heterocycles. The maximum atomic E-state index is 3.91. The number of rotatable bonds is 5. The highest BCUT2D eigenvalue weighted by Gasteiger charge is 2.46. The minimum Gasteiger partial charge on any atom is -0.313 e. The van der Waals surface area contributed by atoms with Crippen LogP contribution in [0.4, 0.5) is 0 Å². The first kappa shape index (κ1) is 14.8. The zero-order chi connectivity index (χ0) is 13.8. The minimum atomic E-state index is 0.733. The van der Waals surface area contributed by atoms with Gasteiger partial charge in [-0.1, -0.05) is 25.7 Å². The monoisotopic (exact) mass is 278 g/mol. The Hall–Kier alpha value is -0.0800. The molecule has 0 aromatic rings. The lowest BCUT2D eigenvalue weighted by Crippen LogP contribution is -2.54. The molecule has 0 bridgehead atoms. The summed E-state index contributed by atoms with van der Waals surface area (Å²) in [5.74, 6) is 0. The summed E-state index contributed by atoms with van der Waals surface area (Å²) in [6.45, 7) is 6.31. The fraction of sp³-hybridized carbons (Fsp3) is 1.00. The van der Waals surface area contributed by atoms with Gasteiger partial charge in [-0.2, -0.15) is 0 Å². The summed E-state index contributed by atoms with van der Waals surface area (Å²) in [6.07, 6.45) is 16.1. The Labute approximate surface area is 125 Å². The summed E-state index contributed by atoms with van der Waals surface area (Å²) < 4.78 is 0. The van der Waals surface area contributed by atoms with E-state index in [4.69, 9.17) is 0 Å². The average Bonchev–Trinajstić information content (AvgIpc) is 2.48. The molecule has 1 N–H and O–H groups in total. The van der Waals surface area contributed by atoms with Crippen LogP contribution in [-0.4, -0.2) is 36.6 Å². The van der Waals surface area contributed by atoms with Crippen LogP contribution in [0.2, 0.25) is 0 Å². The van der Waals surface area contributed by atoms with Gasteiger partial charge in [-0.05, 0) is 76.9 Å². The van der Waals surface area contributed by atoms with Gasteiger partial charge in [0, 0.05) is 12.1 Å². The summed E-state index contributed by atoms with van der Waals surface area (Å²) in [6, 6.07) is 1.69. The van der Waals surface area contributed by atoms with Gasteiger partial charge in [0.15, 0.2) is 0 Å². The highest BCUT2D eigenvalue weighted by molar-refractivity contribution is 5.01. The third-order valence-corrected chi connectivity index (χ3v) is 6.47. The Balaban J connectivity index is 1.33. The lowest BCUT2D eigenvalue weighted by Gasteiger charge is -2.52. The summed E-state index contributed by atoms with van der Waals surface area (Å²) in [5, 5.41) is 3.91.